The second-order valence-electron chi connectivity index (χ2n) is 7.86. The number of hydrogen-bond donors (Lipinski definition) is 1. The van der Waals surface area contributed by atoms with Gasteiger partial charge in [-0.05, 0) is 48.6 Å². The Labute approximate surface area is 173 Å². The first-order valence-electron chi connectivity index (χ1n) is 10.4. The highest BCUT2D eigenvalue weighted by atomic mass is 16.5. The highest BCUT2D eigenvalue weighted by Crippen LogP contribution is 2.38. The molecule has 1 heterocycles. The lowest BCUT2D eigenvalue weighted by molar-refractivity contribution is -0.174. The van der Waals surface area contributed by atoms with Crippen LogP contribution in [0.5, 0.6) is 5.75 Å². The first-order chi connectivity index (χ1) is 14.0. The van der Waals surface area contributed by atoms with Gasteiger partial charge in [0.1, 0.15) is 11.4 Å². The van der Waals surface area contributed by atoms with Crippen LogP contribution in [0.1, 0.15) is 36.5 Å². The molecule has 5 nitrogen and oxygen atoms in total. The van der Waals surface area contributed by atoms with Crippen LogP contribution in [0.15, 0.2) is 48.5 Å². The molecule has 5 heteroatoms. The standard InChI is InChI=1S/C24H32N2O3/c1-4-5-14-29-24(21-9-7-6-8-18(21)2)16-26(17-24)23(27)22(25)15-19-10-12-20(28-3)13-11-19/h6-13,22H,4-5,14-17,25H2,1-3H3/t22-/m1/s1. The highest BCUT2D eigenvalue weighted by molar-refractivity contribution is 5.83. The highest BCUT2D eigenvalue weighted by Gasteiger charge is 2.49. The maximum absolute atomic E-state index is 12.9. The zero-order valence-electron chi connectivity index (χ0n) is 17.7. The Hall–Kier alpha value is -2.37. The summed E-state index contributed by atoms with van der Waals surface area (Å²) in [4.78, 5) is 14.7. The van der Waals surface area contributed by atoms with Gasteiger partial charge in [-0.3, -0.25) is 4.79 Å². The van der Waals surface area contributed by atoms with Crippen LogP contribution >= 0.6 is 0 Å². The summed E-state index contributed by atoms with van der Waals surface area (Å²) in [6, 6.07) is 15.4. The molecule has 1 aliphatic rings. The van der Waals surface area contributed by atoms with E-state index >= 15 is 0 Å². The van der Waals surface area contributed by atoms with Crippen LogP contribution in [0, 0.1) is 6.92 Å². The molecule has 0 aromatic heterocycles. The number of benzene rings is 2. The zero-order valence-corrected chi connectivity index (χ0v) is 17.7. The van der Waals surface area contributed by atoms with E-state index in [1.165, 1.54) is 11.1 Å². The van der Waals surface area contributed by atoms with Gasteiger partial charge < -0.3 is 20.1 Å². The van der Waals surface area contributed by atoms with Crippen LogP contribution in [0.4, 0.5) is 0 Å². The van der Waals surface area contributed by atoms with Crippen LogP contribution in [-0.4, -0.2) is 43.7 Å². The maximum atomic E-state index is 12.9. The summed E-state index contributed by atoms with van der Waals surface area (Å²) in [6.45, 7) is 6.05. The van der Waals surface area contributed by atoms with E-state index in [0.29, 0.717) is 26.1 Å². The molecule has 1 amide bonds. The number of hydrogen-bond acceptors (Lipinski definition) is 4. The molecule has 0 bridgehead atoms. The average molecular weight is 397 g/mol. The lowest BCUT2D eigenvalue weighted by Gasteiger charge is -2.51. The van der Waals surface area contributed by atoms with Gasteiger partial charge in [0, 0.05) is 6.61 Å². The molecule has 1 fully saturated rings. The molecule has 1 saturated heterocycles. The van der Waals surface area contributed by atoms with Gasteiger partial charge in [-0.25, -0.2) is 0 Å². The fourth-order valence-electron chi connectivity index (χ4n) is 3.90. The van der Waals surface area contributed by atoms with Crippen molar-refractivity contribution in [3.8, 4) is 5.75 Å². The molecule has 0 saturated carbocycles. The molecule has 1 aliphatic heterocycles. The molecule has 29 heavy (non-hydrogen) atoms. The van der Waals surface area contributed by atoms with Crippen molar-refractivity contribution < 1.29 is 14.3 Å². The minimum Gasteiger partial charge on any atom is -0.497 e. The van der Waals surface area contributed by atoms with Crippen molar-refractivity contribution in [2.45, 2.75) is 44.8 Å². The fourth-order valence-corrected chi connectivity index (χ4v) is 3.90. The van der Waals surface area contributed by atoms with Crippen molar-refractivity contribution in [2.24, 2.45) is 5.73 Å². The molecule has 0 radical (unpaired) electrons. The molecule has 2 N–H and O–H groups in total. The molecule has 2 aromatic carbocycles. The predicted octanol–water partition coefficient (Wildman–Crippen LogP) is 3.43. The second kappa shape index (κ2) is 9.42. The minimum atomic E-state index is -0.561. The first-order valence-corrected chi connectivity index (χ1v) is 10.4. The van der Waals surface area contributed by atoms with Gasteiger partial charge in [-0.15, -0.1) is 0 Å². The zero-order chi connectivity index (χ0) is 20.9. The fraction of sp³-hybridized carbons (Fsp3) is 0.458. The minimum absolute atomic E-state index is 0.0240. The predicted molar refractivity (Wildman–Crippen MR) is 115 cm³/mol. The Bertz CT molecular complexity index is 813. The van der Waals surface area contributed by atoms with Crippen LogP contribution in [-0.2, 0) is 21.6 Å². The number of amides is 1. The summed E-state index contributed by atoms with van der Waals surface area (Å²) in [7, 11) is 1.64. The molecule has 2 aromatic rings. The quantitative estimate of drug-likeness (QED) is 0.660. The second-order valence-corrected chi connectivity index (χ2v) is 7.86. The van der Waals surface area contributed by atoms with Gasteiger partial charge in [-0.1, -0.05) is 49.7 Å². The number of methoxy groups -OCH3 is 1. The summed E-state index contributed by atoms with van der Waals surface area (Å²) in [5, 5.41) is 0. The lowest BCUT2D eigenvalue weighted by Crippen LogP contribution is -2.65. The van der Waals surface area contributed by atoms with Crippen LogP contribution in [0.25, 0.3) is 0 Å². The van der Waals surface area contributed by atoms with Crippen molar-refractivity contribution >= 4 is 5.91 Å². The molecule has 0 unspecified atom stereocenters. The molecular formula is C24H32N2O3. The largest absolute Gasteiger partial charge is 0.497 e. The number of aryl methyl sites for hydroxylation is 1. The van der Waals surface area contributed by atoms with Crippen molar-refractivity contribution in [3.05, 3.63) is 65.2 Å². The van der Waals surface area contributed by atoms with E-state index in [0.717, 1.165) is 24.2 Å². The maximum Gasteiger partial charge on any atom is 0.240 e. The van der Waals surface area contributed by atoms with Gasteiger partial charge in [0.15, 0.2) is 0 Å². The Morgan fingerprint density at radius 3 is 2.48 bits per heavy atom. The van der Waals surface area contributed by atoms with E-state index in [1.807, 2.05) is 41.3 Å². The number of carbonyl (C=O) groups excluding carboxylic acids is 1. The Kier molecular flexibility index (Phi) is 6.93. The van der Waals surface area contributed by atoms with E-state index in [4.69, 9.17) is 15.2 Å². The number of nitrogens with zero attached hydrogens (tertiary/aromatic N) is 1. The van der Waals surface area contributed by atoms with Crippen molar-refractivity contribution in [1.82, 2.24) is 4.90 Å². The van der Waals surface area contributed by atoms with Crippen LogP contribution in [0.3, 0.4) is 0 Å². The first kappa shape index (κ1) is 21.3. The number of rotatable bonds is 9. The third-order valence-corrected chi connectivity index (χ3v) is 5.65. The molecular weight excluding hydrogens is 364 g/mol. The van der Waals surface area contributed by atoms with E-state index in [1.54, 1.807) is 7.11 Å². The molecule has 3 rings (SSSR count). The Morgan fingerprint density at radius 2 is 1.86 bits per heavy atom. The van der Waals surface area contributed by atoms with E-state index in [9.17, 15) is 4.79 Å². The van der Waals surface area contributed by atoms with Gasteiger partial charge in [0.2, 0.25) is 5.91 Å². The third-order valence-electron chi connectivity index (χ3n) is 5.65. The third kappa shape index (κ3) is 4.80. The van der Waals surface area contributed by atoms with Gasteiger partial charge in [0.05, 0.1) is 26.2 Å². The van der Waals surface area contributed by atoms with Crippen molar-refractivity contribution in [2.75, 3.05) is 26.8 Å². The van der Waals surface area contributed by atoms with E-state index in [-0.39, 0.29) is 5.91 Å². The van der Waals surface area contributed by atoms with Gasteiger partial charge >= 0.3 is 0 Å². The molecule has 156 valence electrons. The molecule has 0 aliphatic carbocycles. The monoisotopic (exact) mass is 396 g/mol. The molecule has 1 atom stereocenters. The van der Waals surface area contributed by atoms with Crippen LogP contribution in [0.2, 0.25) is 0 Å². The smallest absolute Gasteiger partial charge is 0.240 e. The summed E-state index contributed by atoms with van der Waals surface area (Å²) in [5.74, 6) is 0.771. The van der Waals surface area contributed by atoms with Gasteiger partial charge in [0.25, 0.3) is 0 Å². The summed E-state index contributed by atoms with van der Waals surface area (Å²) >= 11 is 0. The Morgan fingerprint density at radius 1 is 1.17 bits per heavy atom. The van der Waals surface area contributed by atoms with E-state index in [2.05, 4.69) is 26.0 Å². The number of likely N-dealkylation sites (tertiary alicyclic amines) is 1. The van der Waals surface area contributed by atoms with Crippen molar-refractivity contribution in [1.29, 1.82) is 0 Å². The number of nitrogens with two attached hydrogens (primary N) is 1. The number of carbonyl (C=O) groups is 1. The normalized spacial score (nSPS) is 16.2. The van der Waals surface area contributed by atoms with E-state index < -0.39 is 11.6 Å². The topological polar surface area (TPSA) is 64.8 Å². The number of unbranched alkanes of at least 4 members (excludes halogenated alkanes) is 1. The SMILES string of the molecule is CCCCOC1(c2ccccc2C)CN(C(=O)[C@H](N)Cc2ccc(OC)cc2)C1. The average Bonchev–Trinajstić information content (AvgIpc) is 2.70. The summed E-state index contributed by atoms with van der Waals surface area (Å²) < 4.78 is 11.5. The number of ether oxygens (including phenoxy) is 2. The van der Waals surface area contributed by atoms with Crippen LogP contribution < -0.4 is 10.5 Å². The Balaban J connectivity index is 1.65. The van der Waals surface area contributed by atoms with Gasteiger partial charge in [-0.2, -0.15) is 0 Å². The van der Waals surface area contributed by atoms with Crippen molar-refractivity contribution in [3.63, 3.8) is 0 Å². The summed E-state index contributed by atoms with van der Waals surface area (Å²) in [6.07, 6.45) is 2.60. The lowest BCUT2D eigenvalue weighted by atomic mass is 9.82. The molecule has 0 spiro atoms. The summed E-state index contributed by atoms with van der Waals surface area (Å²) in [5.41, 5.74) is 9.21.